The smallest absolute Gasteiger partial charge is 0.139 e. The molecule has 3 saturated carbocycles. The van der Waals surface area contributed by atoms with Crippen LogP contribution < -0.4 is 0 Å². The molecule has 0 aromatic heterocycles. The van der Waals surface area contributed by atoms with E-state index in [1.165, 1.54) is 84.1 Å². The maximum Gasteiger partial charge on any atom is 0.139 e. The molecule has 0 radical (unpaired) electrons. The van der Waals surface area contributed by atoms with Gasteiger partial charge in [0.1, 0.15) is 5.78 Å². The van der Waals surface area contributed by atoms with Crippen LogP contribution in [0.4, 0.5) is 0 Å². The molecule has 5 rings (SSSR count). The highest BCUT2D eigenvalue weighted by molar-refractivity contribution is 5.87. The van der Waals surface area contributed by atoms with E-state index >= 15 is 0 Å². The summed E-state index contributed by atoms with van der Waals surface area (Å²) in [6, 6.07) is 0. The highest BCUT2D eigenvalue weighted by atomic mass is 16.1. The van der Waals surface area contributed by atoms with Crippen molar-refractivity contribution in [1.29, 1.82) is 0 Å². The van der Waals surface area contributed by atoms with Crippen molar-refractivity contribution in [2.24, 2.45) is 34.5 Å². The Morgan fingerprint density at radius 1 is 0.933 bits per heavy atom. The second-order valence-corrected chi connectivity index (χ2v) is 12.0. The van der Waals surface area contributed by atoms with Crippen LogP contribution in [-0.4, -0.2) is 55.4 Å². The Morgan fingerprint density at radius 3 is 2.47 bits per heavy atom. The zero-order valence-electron chi connectivity index (χ0n) is 19.8. The summed E-state index contributed by atoms with van der Waals surface area (Å²) in [7, 11) is 2.24. The molecule has 0 spiro atoms. The zero-order chi connectivity index (χ0) is 20.9. The van der Waals surface area contributed by atoms with Gasteiger partial charge in [0.15, 0.2) is 0 Å². The van der Waals surface area contributed by atoms with Gasteiger partial charge in [-0.1, -0.05) is 25.5 Å². The number of hydrogen-bond donors (Lipinski definition) is 0. The van der Waals surface area contributed by atoms with E-state index in [0.717, 1.165) is 30.6 Å². The molecular weight excluding hydrogens is 368 g/mol. The standard InChI is InChI=1S/C27H44N2O/c1-26-12-10-20(5-4-14-29-17-15-28(3)16-18-29)19-21(26)6-7-22-23-8-9-25(30)27(23,2)13-11-24(22)26/h19-20,22-24H,4-18H2,1-3H3/t20?,22?,23?,24?,26-,27-/m0/s1. The molecule has 0 amide bonds. The van der Waals surface area contributed by atoms with Gasteiger partial charge in [-0.2, -0.15) is 0 Å². The van der Waals surface area contributed by atoms with Gasteiger partial charge in [0.2, 0.25) is 0 Å². The van der Waals surface area contributed by atoms with Gasteiger partial charge in [0.05, 0.1) is 0 Å². The van der Waals surface area contributed by atoms with E-state index in [-0.39, 0.29) is 5.41 Å². The number of piperazine rings is 1. The van der Waals surface area contributed by atoms with E-state index in [2.05, 4.69) is 36.8 Å². The van der Waals surface area contributed by atoms with Crippen LogP contribution in [0, 0.1) is 34.5 Å². The van der Waals surface area contributed by atoms with Crippen LogP contribution in [0.5, 0.6) is 0 Å². The molecule has 1 saturated heterocycles. The number of ketones is 1. The maximum atomic E-state index is 12.6. The lowest BCUT2D eigenvalue weighted by Gasteiger charge is -2.57. The summed E-state index contributed by atoms with van der Waals surface area (Å²) in [6.07, 6.45) is 15.5. The Morgan fingerprint density at radius 2 is 1.67 bits per heavy atom. The van der Waals surface area contributed by atoms with Crippen LogP contribution in [0.2, 0.25) is 0 Å². The van der Waals surface area contributed by atoms with Gasteiger partial charge in [0, 0.05) is 38.0 Å². The van der Waals surface area contributed by atoms with Crippen LogP contribution in [0.15, 0.2) is 11.6 Å². The van der Waals surface area contributed by atoms with Gasteiger partial charge in [-0.3, -0.25) is 4.79 Å². The van der Waals surface area contributed by atoms with Crippen LogP contribution in [0.25, 0.3) is 0 Å². The average molecular weight is 413 g/mol. The quantitative estimate of drug-likeness (QED) is 0.596. The first-order valence-electron chi connectivity index (χ1n) is 13.1. The monoisotopic (exact) mass is 412 g/mol. The fraction of sp³-hybridized carbons (Fsp3) is 0.889. The van der Waals surface area contributed by atoms with Crippen LogP contribution in [-0.2, 0) is 4.79 Å². The number of rotatable bonds is 4. The van der Waals surface area contributed by atoms with Crippen molar-refractivity contribution in [2.75, 3.05) is 39.8 Å². The summed E-state index contributed by atoms with van der Waals surface area (Å²) in [6.45, 7) is 11.2. The lowest BCUT2D eigenvalue weighted by Crippen LogP contribution is -2.50. The van der Waals surface area contributed by atoms with Gasteiger partial charge in [-0.15, -0.1) is 0 Å². The molecule has 1 heterocycles. The minimum Gasteiger partial charge on any atom is -0.304 e. The molecule has 4 unspecified atom stereocenters. The van der Waals surface area contributed by atoms with Crippen molar-refractivity contribution in [2.45, 2.75) is 78.1 Å². The fourth-order valence-corrected chi connectivity index (χ4v) is 8.45. The Hall–Kier alpha value is -0.670. The highest BCUT2D eigenvalue weighted by Gasteiger charge is 2.58. The minimum atomic E-state index is 0.0270. The number of Topliss-reactive ketones (excluding diaryl/α,β-unsaturated/α-hetero) is 1. The number of carbonyl (C=O) groups excluding carboxylic acids is 1. The number of likely N-dealkylation sites (N-methyl/N-ethyl adjacent to an activating group) is 1. The summed E-state index contributed by atoms with van der Waals surface area (Å²) in [5.74, 6) is 3.74. The molecule has 30 heavy (non-hydrogen) atoms. The first kappa shape index (κ1) is 21.2. The number of carbonyl (C=O) groups is 1. The first-order chi connectivity index (χ1) is 14.4. The highest BCUT2D eigenvalue weighted by Crippen LogP contribution is 2.64. The molecule has 0 aromatic rings. The summed E-state index contributed by atoms with van der Waals surface area (Å²) in [5, 5.41) is 0. The summed E-state index contributed by atoms with van der Waals surface area (Å²) >= 11 is 0. The average Bonchev–Trinajstić information content (AvgIpc) is 3.04. The van der Waals surface area contributed by atoms with Crippen LogP contribution >= 0.6 is 0 Å². The van der Waals surface area contributed by atoms with Gasteiger partial charge in [-0.05, 0) is 100 Å². The van der Waals surface area contributed by atoms with E-state index in [9.17, 15) is 4.79 Å². The minimum absolute atomic E-state index is 0.0270. The summed E-state index contributed by atoms with van der Waals surface area (Å²) < 4.78 is 0. The van der Waals surface area contributed by atoms with E-state index in [1.54, 1.807) is 0 Å². The Balaban J connectivity index is 1.21. The van der Waals surface area contributed by atoms with Crippen molar-refractivity contribution in [1.82, 2.24) is 9.80 Å². The lowest BCUT2D eigenvalue weighted by atomic mass is 9.47. The fourth-order valence-electron chi connectivity index (χ4n) is 8.45. The third-order valence-electron chi connectivity index (χ3n) is 10.6. The number of allylic oxidation sites excluding steroid dienone is 2. The van der Waals surface area contributed by atoms with E-state index in [4.69, 9.17) is 0 Å². The van der Waals surface area contributed by atoms with Gasteiger partial charge >= 0.3 is 0 Å². The number of nitrogens with zero attached hydrogens (tertiary/aromatic N) is 2. The predicted molar refractivity (Wildman–Crippen MR) is 123 cm³/mol. The SMILES string of the molecule is CN1CCN(CCCC2C=C3CCC4C(CC[C@]5(C)C(=O)CCC45)[C@@]3(C)CC2)CC1. The van der Waals surface area contributed by atoms with Crippen LogP contribution in [0.3, 0.4) is 0 Å². The second kappa shape index (κ2) is 8.03. The van der Waals surface area contributed by atoms with Gasteiger partial charge in [0.25, 0.3) is 0 Å². The molecule has 5 aliphatic rings. The van der Waals surface area contributed by atoms with Gasteiger partial charge < -0.3 is 9.80 Å². The van der Waals surface area contributed by atoms with E-state index < -0.39 is 0 Å². The lowest BCUT2D eigenvalue weighted by molar-refractivity contribution is -0.132. The normalized spacial score (nSPS) is 44.9. The topological polar surface area (TPSA) is 23.6 Å². The Labute approximate surface area is 184 Å². The second-order valence-electron chi connectivity index (χ2n) is 12.0. The molecular formula is C27H44N2O. The van der Waals surface area contributed by atoms with Crippen molar-refractivity contribution in [3.63, 3.8) is 0 Å². The van der Waals surface area contributed by atoms with Crippen LogP contribution in [0.1, 0.15) is 78.1 Å². The largest absolute Gasteiger partial charge is 0.304 e. The molecule has 3 heteroatoms. The van der Waals surface area contributed by atoms with Gasteiger partial charge in [-0.25, -0.2) is 0 Å². The van der Waals surface area contributed by atoms with Crippen molar-refractivity contribution >= 4 is 5.78 Å². The molecule has 0 N–H and O–H groups in total. The summed E-state index contributed by atoms with van der Waals surface area (Å²) in [5.41, 5.74) is 2.27. The Kier molecular flexibility index (Phi) is 5.67. The predicted octanol–water partition coefficient (Wildman–Crippen LogP) is 5.16. The molecule has 168 valence electrons. The molecule has 4 fully saturated rings. The Bertz CT molecular complexity index is 693. The molecule has 1 aliphatic heterocycles. The van der Waals surface area contributed by atoms with Crippen molar-refractivity contribution < 1.29 is 4.79 Å². The third kappa shape index (κ3) is 3.52. The number of fused-ring (bicyclic) bond motifs is 5. The van der Waals surface area contributed by atoms with E-state index in [1.807, 2.05) is 5.57 Å². The molecule has 3 nitrogen and oxygen atoms in total. The van der Waals surface area contributed by atoms with Crippen molar-refractivity contribution in [3.8, 4) is 0 Å². The zero-order valence-corrected chi connectivity index (χ0v) is 19.8. The van der Waals surface area contributed by atoms with E-state index in [0.29, 0.717) is 17.1 Å². The number of hydrogen-bond acceptors (Lipinski definition) is 3. The molecule has 4 aliphatic carbocycles. The first-order valence-corrected chi connectivity index (χ1v) is 13.1. The van der Waals surface area contributed by atoms with Crippen molar-refractivity contribution in [3.05, 3.63) is 11.6 Å². The third-order valence-corrected chi connectivity index (χ3v) is 10.6. The summed E-state index contributed by atoms with van der Waals surface area (Å²) in [4.78, 5) is 17.8. The molecule has 6 atom stereocenters. The molecule has 0 aromatic carbocycles. The molecule has 0 bridgehead atoms. The maximum absolute atomic E-state index is 12.6.